The molecule has 2 aromatic rings. The van der Waals surface area contributed by atoms with Crippen molar-refractivity contribution in [3.8, 4) is 11.8 Å². The van der Waals surface area contributed by atoms with Gasteiger partial charge in [0.25, 0.3) is 0 Å². The molecule has 2 N–H and O–H groups in total. The van der Waals surface area contributed by atoms with Crippen LogP contribution < -0.4 is 15.4 Å². The number of nitrogen functional groups attached to an aromatic ring is 1. The highest BCUT2D eigenvalue weighted by Crippen LogP contribution is 2.37. The molecule has 0 aliphatic heterocycles. The predicted octanol–water partition coefficient (Wildman–Crippen LogP) is 3.68. The van der Waals surface area contributed by atoms with E-state index in [4.69, 9.17) is 15.7 Å². The molecule has 4 nitrogen and oxygen atoms in total. The summed E-state index contributed by atoms with van der Waals surface area (Å²) in [5.74, 6) is 0.749. The standard InChI is InChI=1S/C15H14BrN3O/c1-19(13-5-3-10(9-17)7-12(13)18)14-8-11(16)4-6-15(14)20-2/h3-8H,18H2,1-2H3. The smallest absolute Gasteiger partial charge is 0.142 e. The number of rotatable bonds is 3. The molecule has 0 saturated carbocycles. The topological polar surface area (TPSA) is 62.3 Å². The number of anilines is 3. The van der Waals surface area contributed by atoms with Crippen molar-refractivity contribution in [3.63, 3.8) is 0 Å². The van der Waals surface area contributed by atoms with Crippen LogP contribution in [-0.4, -0.2) is 14.2 Å². The molecule has 0 fully saturated rings. The first-order valence-electron chi connectivity index (χ1n) is 5.93. The molecule has 0 saturated heterocycles. The minimum Gasteiger partial charge on any atom is -0.495 e. The van der Waals surface area contributed by atoms with Gasteiger partial charge in [-0.15, -0.1) is 0 Å². The number of hydrogen-bond donors (Lipinski definition) is 1. The maximum Gasteiger partial charge on any atom is 0.142 e. The summed E-state index contributed by atoms with van der Waals surface area (Å²) in [4.78, 5) is 1.93. The number of methoxy groups -OCH3 is 1. The molecule has 0 aromatic heterocycles. The average molecular weight is 332 g/mol. The zero-order valence-corrected chi connectivity index (χ0v) is 12.8. The molecule has 0 atom stereocenters. The number of hydrogen-bond acceptors (Lipinski definition) is 4. The van der Waals surface area contributed by atoms with E-state index in [9.17, 15) is 0 Å². The lowest BCUT2D eigenvalue weighted by Gasteiger charge is -2.23. The highest BCUT2D eigenvalue weighted by atomic mass is 79.9. The molecule has 0 amide bonds. The lowest BCUT2D eigenvalue weighted by Crippen LogP contribution is -2.12. The first-order valence-corrected chi connectivity index (χ1v) is 6.73. The lowest BCUT2D eigenvalue weighted by molar-refractivity contribution is 0.415. The van der Waals surface area contributed by atoms with Crippen LogP contribution in [0.25, 0.3) is 0 Å². The number of ether oxygens (including phenoxy) is 1. The third-order valence-electron chi connectivity index (χ3n) is 3.02. The van der Waals surface area contributed by atoms with Crippen LogP contribution in [0, 0.1) is 11.3 Å². The summed E-state index contributed by atoms with van der Waals surface area (Å²) >= 11 is 3.45. The maximum absolute atomic E-state index is 8.88. The molecule has 2 aromatic carbocycles. The quantitative estimate of drug-likeness (QED) is 0.871. The fourth-order valence-corrected chi connectivity index (χ4v) is 2.33. The summed E-state index contributed by atoms with van der Waals surface area (Å²) in [5, 5.41) is 8.88. The lowest BCUT2D eigenvalue weighted by atomic mass is 10.1. The van der Waals surface area contributed by atoms with E-state index in [1.807, 2.05) is 36.2 Å². The van der Waals surface area contributed by atoms with Gasteiger partial charge in [0.2, 0.25) is 0 Å². The van der Waals surface area contributed by atoms with Gasteiger partial charge in [-0.1, -0.05) is 15.9 Å². The fraction of sp³-hybridized carbons (Fsp3) is 0.133. The summed E-state index contributed by atoms with van der Waals surface area (Å²) in [5.41, 5.74) is 8.82. The number of benzene rings is 2. The molecule has 0 spiro atoms. The van der Waals surface area contributed by atoms with Gasteiger partial charge in [0.15, 0.2) is 0 Å². The fourth-order valence-electron chi connectivity index (χ4n) is 1.98. The Morgan fingerprint density at radius 3 is 2.55 bits per heavy atom. The van der Waals surface area contributed by atoms with Crippen LogP contribution >= 0.6 is 15.9 Å². The Hall–Kier alpha value is -2.19. The van der Waals surface area contributed by atoms with E-state index in [0.717, 1.165) is 21.6 Å². The summed E-state index contributed by atoms with van der Waals surface area (Å²) in [6.45, 7) is 0. The molecule has 0 aliphatic carbocycles. The minimum absolute atomic E-state index is 0.542. The largest absolute Gasteiger partial charge is 0.495 e. The van der Waals surface area contributed by atoms with Crippen LogP contribution in [-0.2, 0) is 0 Å². The summed E-state index contributed by atoms with van der Waals surface area (Å²) in [6.07, 6.45) is 0. The van der Waals surface area contributed by atoms with Crippen LogP contribution in [0.2, 0.25) is 0 Å². The molecular formula is C15H14BrN3O. The van der Waals surface area contributed by atoms with Crippen LogP contribution in [0.1, 0.15) is 5.56 Å². The van der Waals surface area contributed by atoms with Gasteiger partial charge >= 0.3 is 0 Å². The van der Waals surface area contributed by atoms with Gasteiger partial charge in [0.05, 0.1) is 35.8 Å². The Morgan fingerprint density at radius 2 is 1.95 bits per heavy atom. The first kappa shape index (κ1) is 14.2. The maximum atomic E-state index is 8.88. The van der Waals surface area contributed by atoms with E-state index in [-0.39, 0.29) is 0 Å². The number of halogens is 1. The van der Waals surface area contributed by atoms with Crippen LogP contribution in [0.15, 0.2) is 40.9 Å². The Morgan fingerprint density at radius 1 is 1.20 bits per heavy atom. The summed E-state index contributed by atoms with van der Waals surface area (Å²) in [6, 6.07) is 13.1. The van der Waals surface area contributed by atoms with Crippen molar-refractivity contribution >= 4 is 33.0 Å². The van der Waals surface area contributed by atoms with Crippen LogP contribution in [0.4, 0.5) is 17.1 Å². The van der Waals surface area contributed by atoms with E-state index in [1.165, 1.54) is 0 Å². The zero-order valence-electron chi connectivity index (χ0n) is 11.2. The summed E-state index contributed by atoms with van der Waals surface area (Å²) in [7, 11) is 3.53. The second-order valence-corrected chi connectivity index (χ2v) is 5.18. The Bertz CT molecular complexity index is 679. The SMILES string of the molecule is COc1ccc(Br)cc1N(C)c1ccc(C#N)cc1N. The van der Waals surface area contributed by atoms with Gasteiger partial charge in [-0.25, -0.2) is 0 Å². The molecular weight excluding hydrogens is 318 g/mol. The van der Waals surface area contributed by atoms with Crippen LogP contribution in [0.5, 0.6) is 5.75 Å². The number of nitrogens with zero attached hydrogens (tertiary/aromatic N) is 2. The van der Waals surface area contributed by atoms with Gasteiger partial charge in [0, 0.05) is 11.5 Å². The van der Waals surface area contributed by atoms with Crippen molar-refractivity contribution < 1.29 is 4.74 Å². The van der Waals surface area contributed by atoms with E-state index < -0.39 is 0 Å². The first-order chi connectivity index (χ1) is 9.56. The molecule has 0 radical (unpaired) electrons. The zero-order chi connectivity index (χ0) is 14.7. The van der Waals surface area contributed by atoms with E-state index in [1.54, 1.807) is 19.2 Å². The highest BCUT2D eigenvalue weighted by molar-refractivity contribution is 9.10. The van der Waals surface area contributed by atoms with Gasteiger partial charge in [-0.05, 0) is 36.4 Å². The predicted molar refractivity (Wildman–Crippen MR) is 84.3 cm³/mol. The molecule has 20 heavy (non-hydrogen) atoms. The number of nitriles is 1. The van der Waals surface area contributed by atoms with Crippen molar-refractivity contribution in [2.24, 2.45) is 0 Å². The molecule has 102 valence electrons. The molecule has 2 rings (SSSR count). The van der Waals surface area contributed by atoms with Crippen LogP contribution in [0.3, 0.4) is 0 Å². The number of nitrogens with two attached hydrogens (primary N) is 1. The van der Waals surface area contributed by atoms with Gasteiger partial charge in [0.1, 0.15) is 5.75 Å². The Balaban J connectivity index is 2.49. The van der Waals surface area contributed by atoms with Gasteiger partial charge in [-0.3, -0.25) is 0 Å². The monoisotopic (exact) mass is 331 g/mol. The average Bonchev–Trinajstić information content (AvgIpc) is 2.46. The van der Waals surface area contributed by atoms with E-state index in [2.05, 4.69) is 22.0 Å². The normalized spacial score (nSPS) is 9.90. The van der Waals surface area contributed by atoms with Crippen molar-refractivity contribution in [1.29, 1.82) is 5.26 Å². The minimum atomic E-state index is 0.542. The molecule has 0 aliphatic rings. The van der Waals surface area contributed by atoms with Crippen molar-refractivity contribution in [1.82, 2.24) is 0 Å². The van der Waals surface area contributed by atoms with Gasteiger partial charge in [-0.2, -0.15) is 5.26 Å². The van der Waals surface area contributed by atoms with Crippen molar-refractivity contribution in [2.45, 2.75) is 0 Å². The second-order valence-electron chi connectivity index (χ2n) is 4.26. The Kier molecular flexibility index (Phi) is 4.16. The highest BCUT2D eigenvalue weighted by Gasteiger charge is 2.13. The molecule has 0 heterocycles. The van der Waals surface area contributed by atoms with Crippen molar-refractivity contribution in [3.05, 3.63) is 46.4 Å². The van der Waals surface area contributed by atoms with Crippen molar-refractivity contribution in [2.75, 3.05) is 24.8 Å². The molecule has 5 heteroatoms. The van der Waals surface area contributed by atoms with E-state index >= 15 is 0 Å². The third kappa shape index (κ3) is 2.70. The third-order valence-corrected chi connectivity index (χ3v) is 3.51. The summed E-state index contributed by atoms with van der Waals surface area (Å²) < 4.78 is 6.32. The van der Waals surface area contributed by atoms with Gasteiger partial charge < -0.3 is 15.4 Å². The van der Waals surface area contributed by atoms with E-state index in [0.29, 0.717) is 11.3 Å². The Labute approximate surface area is 126 Å². The molecule has 0 unspecified atom stereocenters. The second kappa shape index (κ2) is 5.85. The molecule has 0 bridgehead atoms.